The van der Waals surface area contributed by atoms with Crippen LogP contribution in [0.3, 0.4) is 0 Å². The number of nitrogens with one attached hydrogen (secondary N) is 1. The molecule has 0 saturated carbocycles. The Balaban J connectivity index is 2.12. The number of aromatic nitrogens is 1. The second kappa shape index (κ2) is 4.87. The van der Waals surface area contributed by atoms with Gasteiger partial charge in [0.2, 0.25) is 0 Å². The smallest absolute Gasteiger partial charge is 0.157 e. The lowest BCUT2D eigenvalue weighted by Gasteiger charge is -2.06. The highest BCUT2D eigenvalue weighted by molar-refractivity contribution is 7.83. The van der Waals surface area contributed by atoms with E-state index in [9.17, 15) is 4.21 Å². The highest BCUT2D eigenvalue weighted by atomic mass is 32.2. The fourth-order valence-corrected chi connectivity index (χ4v) is 3.09. The Labute approximate surface area is 112 Å². The van der Waals surface area contributed by atoms with E-state index < -0.39 is 11.0 Å². The molecule has 0 aliphatic rings. The molecule has 5 heteroatoms. The van der Waals surface area contributed by atoms with Crippen molar-refractivity contribution in [3.63, 3.8) is 0 Å². The fraction of sp³-hybridized carbons (Fsp3) is 0. The zero-order chi connectivity index (χ0) is 13.2. The van der Waals surface area contributed by atoms with E-state index in [0.717, 1.165) is 15.8 Å². The second-order valence-corrected chi connectivity index (χ2v) is 5.45. The first-order chi connectivity index (χ1) is 9.29. The van der Waals surface area contributed by atoms with Crippen molar-refractivity contribution in [2.45, 2.75) is 4.90 Å². The molecule has 1 unspecified atom stereocenters. The number of nitrogens with zero attached hydrogens (tertiary/aromatic N) is 1. The molecule has 2 aromatic carbocycles. The van der Waals surface area contributed by atoms with Crippen LogP contribution in [0, 0.1) is 0 Å². The van der Waals surface area contributed by atoms with Gasteiger partial charge in [0.05, 0.1) is 16.1 Å². The van der Waals surface area contributed by atoms with Crippen molar-refractivity contribution in [1.82, 2.24) is 3.97 Å². The van der Waals surface area contributed by atoms with Gasteiger partial charge in [-0.2, -0.15) is 0 Å². The van der Waals surface area contributed by atoms with Crippen LogP contribution in [-0.2, 0) is 11.0 Å². The van der Waals surface area contributed by atoms with E-state index in [2.05, 4.69) is 5.48 Å². The molecule has 0 bridgehead atoms. The molecule has 1 heterocycles. The molecule has 1 atom stereocenters. The van der Waals surface area contributed by atoms with Gasteiger partial charge in [-0.1, -0.05) is 24.3 Å². The van der Waals surface area contributed by atoms with Crippen LogP contribution in [0.2, 0.25) is 0 Å². The number of hydrogen-bond acceptors (Lipinski definition) is 3. The molecule has 1 aromatic heterocycles. The molecule has 0 amide bonds. The Bertz CT molecular complexity index is 738. The first kappa shape index (κ1) is 12.0. The van der Waals surface area contributed by atoms with Crippen LogP contribution in [0.4, 0.5) is 5.69 Å². The largest absolute Gasteiger partial charge is 0.291 e. The third-order valence-electron chi connectivity index (χ3n) is 2.91. The van der Waals surface area contributed by atoms with E-state index >= 15 is 0 Å². The van der Waals surface area contributed by atoms with E-state index in [4.69, 9.17) is 5.21 Å². The topological polar surface area (TPSA) is 54.3 Å². The van der Waals surface area contributed by atoms with Crippen molar-refractivity contribution in [1.29, 1.82) is 0 Å². The van der Waals surface area contributed by atoms with Crippen molar-refractivity contribution in [2.24, 2.45) is 0 Å². The van der Waals surface area contributed by atoms with E-state index in [1.54, 1.807) is 22.3 Å². The van der Waals surface area contributed by atoms with Gasteiger partial charge >= 0.3 is 0 Å². The van der Waals surface area contributed by atoms with Gasteiger partial charge in [0.25, 0.3) is 0 Å². The molecule has 0 saturated heterocycles. The van der Waals surface area contributed by atoms with Crippen molar-refractivity contribution < 1.29 is 9.42 Å². The summed E-state index contributed by atoms with van der Waals surface area (Å²) in [5.74, 6) is 0. The zero-order valence-corrected chi connectivity index (χ0v) is 10.8. The van der Waals surface area contributed by atoms with Gasteiger partial charge in [0, 0.05) is 11.6 Å². The van der Waals surface area contributed by atoms with Gasteiger partial charge < -0.3 is 0 Å². The van der Waals surface area contributed by atoms with E-state index in [-0.39, 0.29) is 0 Å². The predicted molar refractivity (Wildman–Crippen MR) is 75.6 cm³/mol. The van der Waals surface area contributed by atoms with Crippen molar-refractivity contribution in [2.75, 3.05) is 5.48 Å². The monoisotopic (exact) mass is 272 g/mol. The van der Waals surface area contributed by atoms with Crippen LogP contribution in [0.25, 0.3) is 10.9 Å². The molecule has 96 valence electrons. The normalized spacial score (nSPS) is 12.5. The molecule has 4 nitrogen and oxygen atoms in total. The molecule has 0 aliphatic carbocycles. The standard InChI is InChI=1S/C14H12N2O2S/c17-15-12-7-6-11-8-9-16(14(11)10-12)19(18)13-4-2-1-3-5-13/h1-10,15,17H. The predicted octanol–water partition coefficient (Wildman–Crippen LogP) is 3.01. The summed E-state index contributed by atoms with van der Waals surface area (Å²) in [5, 5.41) is 9.92. The summed E-state index contributed by atoms with van der Waals surface area (Å²) in [6, 6.07) is 16.6. The summed E-state index contributed by atoms with van der Waals surface area (Å²) in [5.41, 5.74) is 3.48. The van der Waals surface area contributed by atoms with Crippen molar-refractivity contribution in [3.05, 3.63) is 60.8 Å². The summed E-state index contributed by atoms with van der Waals surface area (Å²) < 4.78 is 14.2. The van der Waals surface area contributed by atoms with Crippen LogP contribution >= 0.6 is 0 Å². The summed E-state index contributed by atoms with van der Waals surface area (Å²) in [6.45, 7) is 0. The van der Waals surface area contributed by atoms with Gasteiger partial charge in [0.1, 0.15) is 0 Å². The Morgan fingerprint density at radius 3 is 2.58 bits per heavy atom. The minimum absolute atomic E-state index is 0.567. The summed E-state index contributed by atoms with van der Waals surface area (Å²) in [4.78, 5) is 0.738. The maximum absolute atomic E-state index is 12.5. The molecular formula is C14H12N2O2S. The van der Waals surface area contributed by atoms with Gasteiger partial charge in [-0.3, -0.25) is 14.7 Å². The summed E-state index contributed by atoms with van der Waals surface area (Å²) in [6.07, 6.45) is 1.79. The number of anilines is 1. The molecule has 3 rings (SSSR count). The first-order valence-electron chi connectivity index (χ1n) is 5.78. The highest BCUT2D eigenvalue weighted by Crippen LogP contribution is 2.22. The van der Waals surface area contributed by atoms with Crippen LogP contribution in [-0.4, -0.2) is 13.4 Å². The Kier molecular flexibility index (Phi) is 3.06. The van der Waals surface area contributed by atoms with Crippen LogP contribution in [0.1, 0.15) is 0 Å². The Morgan fingerprint density at radius 2 is 1.84 bits per heavy atom. The van der Waals surface area contributed by atoms with E-state index in [0.29, 0.717) is 5.69 Å². The van der Waals surface area contributed by atoms with Gasteiger partial charge in [-0.25, -0.2) is 4.21 Å². The average Bonchev–Trinajstić information content (AvgIpc) is 2.90. The maximum Gasteiger partial charge on any atom is 0.157 e. The fourth-order valence-electron chi connectivity index (χ4n) is 1.97. The average molecular weight is 272 g/mol. The van der Waals surface area contributed by atoms with Crippen LogP contribution < -0.4 is 5.48 Å². The van der Waals surface area contributed by atoms with Crippen molar-refractivity contribution >= 4 is 27.6 Å². The molecule has 0 spiro atoms. The molecular weight excluding hydrogens is 260 g/mol. The third-order valence-corrected chi connectivity index (χ3v) is 4.26. The van der Waals surface area contributed by atoms with Crippen molar-refractivity contribution in [3.8, 4) is 0 Å². The number of hydrogen-bond donors (Lipinski definition) is 2. The molecule has 0 fully saturated rings. The minimum Gasteiger partial charge on any atom is -0.291 e. The third kappa shape index (κ3) is 2.14. The Morgan fingerprint density at radius 1 is 1.05 bits per heavy atom. The lowest BCUT2D eigenvalue weighted by atomic mass is 10.2. The molecule has 0 aliphatic heterocycles. The van der Waals surface area contributed by atoms with Crippen LogP contribution in [0.5, 0.6) is 0 Å². The zero-order valence-electron chi connectivity index (χ0n) is 9.98. The van der Waals surface area contributed by atoms with E-state index in [1.807, 2.05) is 42.5 Å². The maximum atomic E-state index is 12.5. The summed E-state index contributed by atoms with van der Waals surface area (Å²) in [7, 11) is -1.29. The number of benzene rings is 2. The van der Waals surface area contributed by atoms with Crippen LogP contribution in [0.15, 0.2) is 65.7 Å². The summed E-state index contributed by atoms with van der Waals surface area (Å²) >= 11 is 0. The minimum atomic E-state index is -1.29. The lowest BCUT2D eigenvalue weighted by molar-refractivity contribution is 0.389. The quantitative estimate of drug-likeness (QED) is 0.721. The second-order valence-electron chi connectivity index (χ2n) is 4.09. The Hall–Kier alpha value is -2.11. The van der Waals surface area contributed by atoms with Gasteiger partial charge in [-0.05, 0) is 30.3 Å². The molecule has 3 aromatic rings. The first-order valence-corrected chi connectivity index (χ1v) is 6.89. The molecule has 2 N–H and O–H groups in total. The highest BCUT2D eigenvalue weighted by Gasteiger charge is 2.09. The number of fused-ring (bicyclic) bond motifs is 1. The lowest BCUT2D eigenvalue weighted by Crippen LogP contribution is -2.03. The number of rotatable bonds is 3. The van der Waals surface area contributed by atoms with Gasteiger partial charge in [0.15, 0.2) is 11.0 Å². The van der Waals surface area contributed by atoms with E-state index in [1.165, 1.54) is 0 Å². The SMILES string of the molecule is O=S(c1ccccc1)n1ccc2ccc(NO)cc21. The van der Waals surface area contributed by atoms with Gasteiger partial charge in [-0.15, -0.1) is 0 Å². The molecule has 19 heavy (non-hydrogen) atoms. The molecule has 0 radical (unpaired) electrons.